The summed E-state index contributed by atoms with van der Waals surface area (Å²) in [6.45, 7) is 0.442. The number of halogens is 2. The maximum Gasteiger partial charge on any atom is 0.293 e. The number of hydrogen-bond acceptors (Lipinski definition) is 5. The van der Waals surface area contributed by atoms with Crippen molar-refractivity contribution in [1.29, 1.82) is 0 Å². The lowest BCUT2D eigenvalue weighted by Crippen LogP contribution is -2.32. The number of hydrogen-bond donors (Lipinski definition) is 0. The molecule has 5 nitrogen and oxygen atoms in total. The van der Waals surface area contributed by atoms with E-state index in [0.29, 0.717) is 27.0 Å². The highest BCUT2D eigenvalue weighted by molar-refractivity contribution is 8.18. The summed E-state index contributed by atoms with van der Waals surface area (Å²) in [5.41, 5.74) is 1.21. The fourth-order valence-electron chi connectivity index (χ4n) is 3.07. The molecule has 4 rings (SSSR count). The van der Waals surface area contributed by atoms with Crippen LogP contribution in [0.25, 0.3) is 6.08 Å². The average molecular weight is 484 g/mol. The highest BCUT2D eigenvalue weighted by Gasteiger charge is 2.34. The Kier molecular flexibility index (Phi) is 7.32. The van der Waals surface area contributed by atoms with Gasteiger partial charge in [0, 0.05) is 10.6 Å². The Morgan fingerprint density at radius 1 is 0.909 bits per heavy atom. The fourth-order valence-corrected chi connectivity index (χ4v) is 4.06. The van der Waals surface area contributed by atoms with Gasteiger partial charge in [-0.2, -0.15) is 0 Å². The number of amides is 2. The Bertz CT molecular complexity index is 1180. The zero-order valence-electron chi connectivity index (χ0n) is 17.4. The van der Waals surface area contributed by atoms with Crippen LogP contribution in [0.15, 0.2) is 77.7 Å². The molecule has 0 aliphatic carbocycles. The molecule has 0 unspecified atom stereocenters. The third kappa shape index (κ3) is 5.94. The highest BCUT2D eigenvalue weighted by Crippen LogP contribution is 2.32. The standard InChI is InChI=1S/C25H19ClFNO4S/c26-19-7-11-20(12-8-19)31-14-13-28-24(29)23(33-25(28)30)15-17-5-9-21(10-6-17)32-16-18-3-1-2-4-22(18)27/h1-12,15H,13-14,16H2/b23-15-. The summed E-state index contributed by atoms with van der Waals surface area (Å²) in [7, 11) is 0. The maximum atomic E-state index is 13.7. The van der Waals surface area contributed by atoms with Crippen LogP contribution in [-0.2, 0) is 11.4 Å². The molecule has 0 bridgehead atoms. The van der Waals surface area contributed by atoms with E-state index in [9.17, 15) is 14.0 Å². The third-order valence-electron chi connectivity index (χ3n) is 4.80. The van der Waals surface area contributed by atoms with Crippen molar-refractivity contribution in [2.75, 3.05) is 13.2 Å². The second kappa shape index (κ2) is 10.6. The summed E-state index contributed by atoms with van der Waals surface area (Å²) >= 11 is 6.73. The van der Waals surface area contributed by atoms with Crippen molar-refractivity contribution in [3.63, 3.8) is 0 Å². The summed E-state index contributed by atoms with van der Waals surface area (Å²) < 4.78 is 24.9. The lowest BCUT2D eigenvalue weighted by atomic mass is 10.2. The predicted molar refractivity (Wildman–Crippen MR) is 127 cm³/mol. The molecular weight excluding hydrogens is 465 g/mol. The number of rotatable bonds is 8. The predicted octanol–water partition coefficient (Wildman–Crippen LogP) is 6.17. The Morgan fingerprint density at radius 2 is 1.58 bits per heavy atom. The van der Waals surface area contributed by atoms with Crippen molar-refractivity contribution in [2.45, 2.75) is 6.61 Å². The van der Waals surface area contributed by atoms with Gasteiger partial charge in [-0.1, -0.05) is 41.9 Å². The Labute approximate surface area is 199 Å². The molecule has 3 aromatic rings. The zero-order valence-corrected chi connectivity index (χ0v) is 18.9. The lowest BCUT2D eigenvalue weighted by Gasteiger charge is -2.13. The molecule has 1 aliphatic heterocycles. The van der Waals surface area contributed by atoms with Gasteiger partial charge in [-0.3, -0.25) is 14.5 Å². The first-order valence-electron chi connectivity index (χ1n) is 10.1. The van der Waals surface area contributed by atoms with Crippen LogP contribution in [0.5, 0.6) is 11.5 Å². The molecule has 1 saturated heterocycles. The van der Waals surface area contributed by atoms with Crippen molar-refractivity contribution < 1.29 is 23.5 Å². The molecule has 33 heavy (non-hydrogen) atoms. The van der Waals surface area contributed by atoms with Gasteiger partial charge in [0.2, 0.25) is 0 Å². The second-order valence-electron chi connectivity index (χ2n) is 7.08. The van der Waals surface area contributed by atoms with Crippen LogP contribution in [0.3, 0.4) is 0 Å². The average Bonchev–Trinajstić information content (AvgIpc) is 3.08. The van der Waals surface area contributed by atoms with Crippen molar-refractivity contribution in [3.05, 3.63) is 99.7 Å². The molecule has 2 amide bonds. The van der Waals surface area contributed by atoms with Crippen molar-refractivity contribution in [1.82, 2.24) is 4.90 Å². The van der Waals surface area contributed by atoms with Gasteiger partial charge in [-0.25, -0.2) is 4.39 Å². The minimum atomic E-state index is -0.357. The molecule has 0 N–H and O–H groups in total. The maximum absolute atomic E-state index is 13.7. The first-order chi connectivity index (χ1) is 16.0. The topological polar surface area (TPSA) is 55.8 Å². The quantitative estimate of drug-likeness (QED) is 0.358. The van der Waals surface area contributed by atoms with E-state index >= 15 is 0 Å². The second-order valence-corrected chi connectivity index (χ2v) is 8.51. The molecule has 1 heterocycles. The fraction of sp³-hybridized carbons (Fsp3) is 0.120. The zero-order chi connectivity index (χ0) is 23.2. The molecule has 0 radical (unpaired) electrons. The number of carbonyl (C=O) groups is 2. The van der Waals surface area contributed by atoms with E-state index < -0.39 is 0 Å². The summed E-state index contributed by atoms with van der Waals surface area (Å²) in [5, 5.41) is 0.263. The number of nitrogens with zero attached hydrogens (tertiary/aromatic N) is 1. The Hall–Kier alpha value is -3.29. The summed E-state index contributed by atoms with van der Waals surface area (Å²) in [5.74, 6) is 0.509. The summed E-state index contributed by atoms with van der Waals surface area (Å²) in [4.78, 5) is 26.4. The molecule has 0 saturated carbocycles. The van der Waals surface area contributed by atoms with E-state index in [1.54, 1.807) is 72.8 Å². The van der Waals surface area contributed by atoms with Gasteiger partial charge in [0.05, 0.1) is 11.4 Å². The SMILES string of the molecule is O=C1S/C(=C\c2ccc(OCc3ccccc3F)cc2)C(=O)N1CCOc1ccc(Cl)cc1. The van der Waals surface area contributed by atoms with Gasteiger partial charge in [0.25, 0.3) is 11.1 Å². The van der Waals surface area contributed by atoms with E-state index in [1.165, 1.54) is 6.07 Å². The lowest BCUT2D eigenvalue weighted by molar-refractivity contribution is -0.123. The van der Waals surface area contributed by atoms with E-state index in [2.05, 4.69) is 0 Å². The first-order valence-corrected chi connectivity index (χ1v) is 11.3. The molecule has 1 aliphatic rings. The van der Waals surface area contributed by atoms with Gasteiger partial charge in [-0.05, 0) is 65.9 Å². The van der Waals surface area contributed by atoms with Gasteiger partial charge < -0.3 is 9.47 Å². The largest absolute Gasteiger partial charge is 0.492 e. The van der Waals surface area contributed by atoms with Crippen LogP contribution in [0, 0.1) is 5.82 Å². The summed E-state index contributed by atoms with van der Waals surface area (Å²) in [6, 6.07) is 20.3. The van der Waals surface area contributed by atoms with Crippen molar-refractivity contribution in [2.24, 2.45) is 0 Å². The smallest absolute Gasteiger partial charge is 0.293 e. The minimum Gasteiger partial charge on any atom is -0.492 e. The van der Waals surface area contributed by atoms with Crippen molar-refractivity contribution in [3.8, 4) is 11.5 Å². The molecule has 0 atom stereocenters. The molecule has 168 valence electrons. The highest BCUT2D eigenvalue weighted by atomic mass is 35.5. The van der Waals surface area contributed by atoms with E-state index in [1.807, 2.05) is 0 Å². The first kappa shape index (κ1) is 22.9. The van der Waals surface area contributed by atoms with Crippen LogP contribution >= 0.6 is 23.4 Å². The van der Waals surface area contributed by atoms with Crippen LogP contribution < -0.4 is 9.47 Å². The van der Waals surface area contributed by atoms with Crippen LogP contribution in [-0.4, -0.2) is 29.2 Å². The minimum absolute atomic E-state index is 0.114. The molecule has 0 spiro atoms. The van der Waals surface area contributed by atoms with Gasteiger partial charge in [-0.15, -0.1) is 0 Å². The van der Waals surface area contributed by atoms with Crippen molar-refractivity contribution >= 4 is 40.6 Å². The molecule has 8 heteroatoms. The van der Waals surface area contributed by atoms with E-state index in [4.69, 9.17) is 21.1 Å². The molecule has 1 fully saturated rings. The number of ether oxygens (including phenoxy) is 2. The number of carbonyl (C=O) groups excluding carboxylic acids is 2. The number of benzene rings is 3. The number of thioether (sulfide) groups is 1. The van der Waals surface area contributed by atoms with Crippen LogP contribution in [0.4, 0.5) is 9.18 Å². The summed E-state index contributed by atoms with van der Waals surface area (Å²) in [6.07, 6.45) is 1.66. The van der Waals surface area contributed by atoms with Crippen LogP contribution in [0.2, 0.25) is 5.02 Å². The normalized spacial score (nSPS) is 14.7. The van der Waals surface area contributed by atoms with Gasteiger partial charge in [0.15, 0.2) is 0 Å². The van der Waals surface area contributed by atoms with Gasteiger partial charge >= 0.3 is 0 Å². The Balaban J connectivity index is 1.32. The van der Waals surface area contributed by atoms with E-state index in [0.717, 1.165) is 22.2 Å². The third-order valence-corrected chi connectivity index (χ3v) is 5.96. The van der Waals surface area contributed by atoms with E-state index in [-0.39, 0.29) is 36.7 Å². The van der Waals surface area contributed by atoms with Gasteiger partial charge in [0.1, 0.15) is 30.5 Å². The van der Waals surface area contributed by atoms with Crippen LogP contribution in [0.1, 0.15) is 11.1 Å². The molecule has 0 aromatic heterocycles. The molecular formula is C25H19ClFNO4S. The molecule has 3 aromatic carbocycles. The number of imide groups is 1. The Morgan fingerprint density at radius 3 is 2.30 bits per heavy atom. The monoisotopic (exact) mass is 483 g/mol.